The van der Waals surface area contributed by atoms with Gasteiger partial charge in [-0.1, -0.05) is 0 Å². The Kier molecular flexibility index (Phi) is 15.4. The molecule has 0 aliphatic carbocycles. The largest absolute Gasteiger partial charge is 0.388 e. The highest BCUT2D eigenvalue weighted by Gasteiger charge is 2.04. The maximum absolute atomic E-state index is 9.66. The number of aliphatic hydroxyl groups is 1. The molecule has 0 heterocycles. The van der Waals surface area contributed by atoms with Crippen LogP contribution in [0.4, 0.5) is 0 Å². The fourth-order valence-electron chi connectivity index (χ4n) is 1.42. The number of hydrogen-bond donors (Lipinski definition) is 1. The van der Waals surface area contributed by atoms with Crippen LogP contribution in [0.3, 0.4) is 0 Å². The summed E-state index contributed by atoms with van der Waals surface area (Å²) in [5.41, 5.74) is 0. The maximum Gasteiger partial charge on any atom is 0.101 e. The molecule has 0 bridgehead atoms. The first-order valence-corrected chi connectivity index (χ1v) is 7.81. The number of hydrogen-bond acceptors (Lipinski definition) is 7. The van der Waals surface area contributed by atoms with Crippen molar-refractivity contribution in [1.82, 2.24) is 9.80 Å². The fraction of sp³-hybridized carbons (Fsp3) is 1.00. The van der Waals surface area contributed by atoms with Crippen LogP contribution in [0, 0.1) is 0 Å². The minimum atomic E-state index is -0.608. The van der Waals surface area contributed by atoms with Gasteiger partial charge in [0, 0.05) is 13.1 Å². The molecule has 0 fully saturated rings. The van der Waals surface area contributed by atoms with Gasteiger partial charge in [-0.2, -0.15) is 0 Å². The second-order valence-corrected chi connectivity index (χ2v) is 5.63. The molecule has 0 amide bonds. The molecular formula is C15H34N2O5. The van der Waals surface area contributed by atoms with Gasteiger partial charge in [-0.15, -0.1) is 0 Å². The molecule has 0 aliphatic heterocycles. The van der Waals surface area contributed by atoms with E-state index >= 15 is 0 Å². The number of likely N-dealkylation sites (N-methyl/N-ethyl adjacent to an activating group) is 2. The summed E-state index contributed by atoms with van der Waals surface area (Å²) in [6.45, 7) is 5.75. The van der Waals surface area contributed by atoms with Gasteiger partial charge in [0.25, 0.3) is 0 Å². The van der Waals surface area contributed by atoms with Crippen LogP contribution in [0.2, 0.25) is 0 Å². The first-order chi connectivity index (χ1) is 10.5. The van der Waals surface area contributed by atoms with E-state index in [1.807, 2.05) is 28.2 Å². The molecule has 0 spiro atoms. The molecule has 134 valence electrons. The Morgan fingerprint density at radius 1 is 0.636 bits per heavy atom. The lowest BCUT2D eigenvalue weighted by atomic mass is 10.4. The van der Waals surface area contributed by atoms with Crippen molar-refractivity contribution in [3.63, 3.8) is 0 Å². The lowest BCUT2D eigenvalue weighted by molar-refractivity contribution is -0.0420. The van der Waals surface area contributed by atoms with Crippen LogP contribution in [-0.2, 0) is 18.9 Å². The Labute approximate surface area is 135 Å². The minimum absolute atomic E-state index is 0.262. The topological polar surface area (TPSA) is 63.6 Å². The second kappa shape index (κ2) is 15.6. The van der Waals surface area contributed by atoms with E-state index < -0.39 is 6.10 Å². The molecule has 0 saturated carbocycles. The number of rotatable bonds is 16. The fourth-order valence-corrected chi connectivity index (χ4v) is 1.42. The van der Waals surface area contributed by atoms with E-state index in [0.717, 1.165) is 13.1 Å². The number of aliphatic hydroxyl groups excluding tert-OH is 1. The molecule has 7 heteroatoms. The van der Waals surface area contributed by atoms with Crippen LogP contribution < -0.4 is 0 Å². The molecule has 22 heavy (non-hydrogen) atoms. The van der Waals surface area contributed by atoms with Gasteiger partial charge < -0.3 is 33.9 Å². The summed E-state index contributed by atoms with van der Waals surface area (Å²) in [6, 6.07) is 0. The summed E-state index contributed by atoms with van der Waals surface area (Å²) in [6.07, 6.45) is -0.608. The SMILES string of the molecule is CN(C)CCOCCOCC(O)COCCOCCN(C)C. The Bertz CT molecular complexity index is 208. The summed E-state index contributed by atoms with van der Waals surface area (Å²) in [4.78, 5) is 4.12. The lowest BCUT2D eigenvalue weighted by Crippen LogP contribution is -2.25. The van der Waals surface area contributed by atoms with Crippen LogP contribution >= 0.6 is 0 Å². The molecule has 0 aromatic heterocycles. The Morgan fingerprint density at radius 2 is 1.00 bits per heavy atom. The van der Waals surface area contributed by atoms with Gasteiger partial charge in [-0.05, 0) is 28.2 Å². The highest BCUT2D eigenvalue weighted by Crippen LogP contribution is 1.89. The third kappa shape index (κ3) is 17.8. The monoisotopic (exact) mass is 322 g/mol. The van der Waals surface area contributed by atoms with Crippen LogP contribution in [0.25, 0.3) is 0 Å². The van der Waals surface area contributed by atoms with E-state index in [4.69, 9.17) is 18.9 Å². The van der Waals surface area contributed by atoms with Gasteiger partial charge in [0.2, 0.25) is 0 Å². The first-order valence-electron chi connectivity index (χ1n) is 7.81. The molecule has 7 nitrogen and oxygen atoms in total. The van der Waals surface area contributed by atoms with E-state index in [0.29, 0.717) is 39.6 Å². The van der Waals surface area contributed by atoms with Gasteiger partial charge in [0.1, 0.15) is 6.10 Å². The Morgan fingerprint density at radius 3 is 1.36 bits per heavy atom. The van der Waals surface area contributed by atoms with Gasteiger partial charge in [0.05, 0.1) is 52.9 Å². The molecule has 0 unspecified atom stereocenters. The van der Waals surface area contributed by atoms with Crippen molar-refractivity contribution in [2.75, 3.05) is 94.1 Å². The Balaban J connectivity index is 3.18. The van der Waals surface area contributed by atoms with Crippen LogP contribution in [0.5, 0.6) is 0 Å². The zero-order valence-electron chi connectivity index (χ0n) is 14.6. The number of ether oxygens (including phenoxy) is 4. The minimum Gasteiger partial charge on any atom is -0.388 e. The highest BCUT2D eigenvalue weighted by molar-refractivity contribution is 4.51. The molecule has 0 aromatic carbocycles. The van der Waals surface area contributed by atoms with E-state index in [2.05, 4.69) is 9.80 Å². The van der Waals surface area contributed by atoms with Crippen LogP contribution in [0.1, 0.15) is 0 Å². The molecule has 0 aromatic rings. The predicted octanol–water partition coefficient (Wildman–Crippen LogP) is -0.463. The van der Waals surface area contributed by atoms with Crippen molar-refractivity contribution >= 4 is 0 Å². The third-order valence-electron chi connectivity index (χ3n) is 2.73. The summed E-state index contributed by atoms with van der Waals surface area (Å²) < 4.78 is 21.4. The highest BCUT2D eigenvalue weighted by atomic mass is 16.5. The van der Waals surface area contributed by atoms with Crippen molar-refractivity contribution in [2.24, 2.45) is 0 Å². The zero-order valence-corrected chi connectivity index (χ0v) is 14.6. The van der Waals surface area contributed by atoms with E-state index in [1.165, 1.54) is 0 Å². The summed E-state index contributed by atoms with van der Waals surface area (Å²) in [5.74, 6) is 0. The van der Waals surface area contributed by atoms with E-state index in [9.17, 15) is 5.11 Å². The third-order valence-corrected chi connectivity index (χ3v) is 2.73. The van der Waals surface area contributed by atoms with Gasteiger partial charge in [-0.3, -0.25) is 0 Å². The normalized spacial score (nSPS) is 12.0. The smallest absolute Gasteiger partial charge is 0.101 e. The van der Waals surface area contributed by atoms with Crippen molar-refractivity contribution in [1.29, 1.82) is 0 Å². The molecule has 0 aliphatic rings. The van der Waals surface area contributed by atoms with E-state index in [1.54, 1.807) is 0 Å². The van der Waals surface area contributed by atoms with Crippen molar-refractivity contribution < 1.29 is 24.1 Å². The maximum atomic E-state index is 9.66. The second-order valence-electron chi connectivity index (χ2n) is 5.63. The van der Waals surface area contributed by atoms with Crippen molar-refractivity contribution in [2.45, 2.75) is 6.10 Å². The summed E-state index contributed by atoms with van der Waals surface area (Å²) in [5, 5.41) is 9.66. The predicted molar refractivity (Wildman–Crippen MR) is 86.4 cm³/mol. The van der Waals surface area contributed by atoms with Crippen molar-refractivity contribution in [3.8, 4) is 0 Å². The molecular weight excluding hydrogens is 288 g/mol. The average Bonchev–Trinajstić information content (AvgIpc) is 2.44. The van der Waals surface area contributed by atoms with Crippen LogP contribution in [0.15, 0.2) is 0 Å². The summed E-state index contributed by atoms with van der Waals surface area (Å²) >= 11 is 0. The number of nitrogens with zero attached hydrogens (tertiary/aromatic N) is 2. The lowest BCUT2D eigenvalue weighted by Gasteiger charge is -2.13. The van der Waals surface area contributed by atoms with Crippen molar-refractivity contribution in [3.05, 3.63) is 0 Å². The molecule has 0 atom stereocenters. The van der Waals surface area contributed by atoms with Crippen LogP contribution in [-0.4, -0.2) is 115 Å². The van der Waals surface area contributed by atoms with Gasteiger partial charge in [-0.25, -0.2) is 0 Å². The quantitative estimate of drug-likeness (QED) is 0.386. The molecule has 0 rings (SSSR count). The average molecular weight is 322 g/mol. The Hall–Kier alpha value is -0.280. The zero-order chi connectivity index (χ0) is 16.6. The standard InChI is InChI=1S/C15H34N2O5/c1-16(2)5-7-19-9-11-21-13-15(18)14-22-12-10-20-8-6-17(3)4/h15,18H,5-14H2,1-4H3. The first kappa shape index (κ1) is 21.7. The molecule has 0 saturated heterocycles. The van der Waals surface area contributed by atoms with E-state index in [-0.39, 0.29) is 13.2 Å². The van der Waals surface area contributed by atoms with Gasteiger partial charge >= 0.3 is 0 Å². The molecule has 1 N–H and O–H groups in total. The van der Waals surface area contributed by atoms with Gasteiger partial charge in [0.15, 0.2) is 0 Å². The molecule has 0 radical (unpaired) electrons. The summed E-state index contributed by atoms with van der Waals surface area (Å²) in [7, 11) is 8.01.